The molecule has 2 rings (SSSR count). The van der Waals surface area contributed by atoms with Crippen LogP contribution in [0.2, 0.25) is 0 Å². The van der Waals surface area contributed by atoms with Gasteiger partial charge in [-0.2, -0.15) is 0 Å². The van der Waals surface area contributed by atoms with E-state index in [2.05, 4.69) is 18.2 Å². The van der Waals surface area contributed by atoms with Crippen LogP contribution >= 0.6 is 0 Å². The molecule has 0 saturated heterocycles. The fraction of sp³-hybridized carbons (Fsp3) is 0.571. The highest BCUT2D eigenvalue weighted by atomic mass is 16.5. The highest BCUT2D eigenvalue weighted by Crippen LogP contribution is 2.38. The zero-order chi connectivity index (χ0) is 12.3. The van der Waals surface area contributed by atoms with Crippen molar-refractivity contribution in [2.24, 2.45) is 5.73 Å². The Labute approximate surface area is 103 Å². The van der Waals surface area contributed by atoms with Crippen molar-refractivity contribution < 1.29 is 9.47 Å². The topological polar surface area (TPSA) is 44.5 Å². The van der Waals surface area contributed by atoms with Gasteiger partial charge in [0, 0.05) is 18.2 Å². The first-order valence-corrected chi connectivity index (χ1v) is 6.15. The summed E-state index contributed by atoms with van der Waals surface area (Å²) in [4.78, 5) is 0. The maximum atomic E-state index is 6.44. The van der Waals surface area contributed by atoms with E-state index >= 15 is 0 Å². The molecular formula is C14H21NO2. The van der Waals surface area contributed by atoms with Crippen LogP contribution in [-0.2, 0) is 16.9 Å². The van der Waals surface area contributed by atoms with E-state index in [1.54, 1.807) is 14.2 Å². The Bertz CT molecular complexity index is 384. The van der Waals surface area contributed by atoms with Gasteiger partial charge in [-0.3, -0.25) is 0 Å². The summed E-state index contributed by atoms with van der Waals surface area (Å²) in [6.45, 7) is 0.570. The molecule has 2 N–H and O–H groups in total. The van der Waals surface area contributed by atoms with Gasteiger partial charge in [0.25, 0.3) is 0 Å². The van der Waals surface area contributed by atoms with Crippen molar-refractivity contribution in [3.8, 4) is 5.75 Å². The van der Waals surface area contributed by atoms with Crippen LogP contribution in [0.4, 0.5) is 0 Å². The van der Waals surface area contributed by atoms with Crippen LogP contribution in [-0.4, -0.2) is 14.2 Å². The average Bonchev–Trinajstić information content (AvgIpc) is 2.78. The van der Waals surface area contributed by atoms with Gasteiger partial charge < -0.3 is 15.2 Å². The average molecular weight is 235 g/mol. The van der Waals surface area contributed by atoms with Gasteiger partial charge in [-0.25, -0.2) is 0 Å². The SMILES string of the molecule is COCc1ccc(C2(N)CCCC2)cc1OC. The molecule has 17 heavy (non-hydrogen) atoms. The van der Waals surface area contributed by atoms with E-state index in [4.69, 9.17) is 15.2 Å². The Morgan fingerprint density at radius 3 is 2.53 bits per heavy atom. The summed E-state index contributed by atoms with van der Waals surface area (Å²) in [5.41, 5.74) is 8.54. The van der Waals surface area contributed by atoms with Crippen LogP contribution in [0.1, 0.15) is 36.8 Å². The lowest BCUT2D eigenvalue weighted by Crippen LogP contribution is -2.33. The van der Waals surface area contributed by atoms with E-state index < -0.39 is 0 Å². The van der Waals surface area contributed by atoms with Crippen LogP contribution < -0.4 is 10.5 Å². The number of hydrogen-bond donors (Lipinski definition) is 1. The van der Waals surface area contributed by atoms with E-state index in [0.29, 0.717) is 6.61 Å². The summed E-state index contributed by atoms with van der Waals surface area (Å²) >= 11 is 0. The molecule has 0 bridgehead atoms. The highest BCUT2D eigenvalue weighted by molar-refractivity contribution is 5.40. The number of methoxy groups -OCH3 is 2. The molecule has 1 aromatic carbocycles. The van der Waals surface area contributed by atoms with Gasteiger partial charge in [-0.1, -0.05) is 25.0 Å². The highest BCUT2D eigenvalue weighted by Gasteiger charge is 2.31. The Kier molecular flexibility index (Phi) is 3.69. The third-order valence-corrected chi connectivity index (χ3v) is 3.66. The van der Waals surface area contributed by atoms with Crippen molar-refractivity contribution in [1.29, 1.82) is 0 Å². The normalized spacial score (nSPS) is 18.3. The first kappa shape index (κ1) is 12.4. The van der Waals surface area contributed by atoms with Crippen LogP contribution in [0, 0.1) is 0 Å². The molecule has 0 radical (unpaired) electrons. The number of hydrogen-bond acceptors (Lipinski definition) is 3. The lowest BCUT2D eigenvalue weighted by molar-refractivity contribution is 0.181. The molecule has 1 aliphatic carbocycles. The summed E-state index contributed by atoms with van der Waals surface area (Å²) in [6.07, 6.45) is 4.58. The summed E-state index contributed by atoms with van der Waals surface area (Å²) in [7, 11) is 3.38. The molecule has 3 heteroatoms. The Morgan fingerprint density at radius 1 is 1.24 bits per heavy atom. The maximum Gasteiger partial charge on any atom is 0.124 e. The largest absolute Gasteiger partial charge is 0.496 e. The first-order chi connectivity index (χ1) is 8.19. The second-order valence-electron chi connectivity index (χ2n) is 4.82. The molecule has 0 aromatic heterocycles. The van der Waals surface area contributed by atoms with E-state index in [1.165, 1.54) is 18.4 Å². The fourth-order valence-electron chi connectivity index (χ4n) is 2.62. The molecule has 0 spiro atoms. The summed E-state index contributed by atoms with van der Waals surface area (Å²) < 4.78 is 10.6. The lowest BCUT2D eigenvalue weighted by atomic mass is 9.88. The molecule has 0 amide bonds. The van der Waals surface area contributed by atoms with E-state index in [9.17, 15) is 0 Å². The van der Waals surface area contributed by atoms with Crippen molar-refractivity contribution in [2.75, 3.05) is 14.2 Å². The third kappa shape index (κ3) is 2.45. The van der Waals surface area contributed by atoms with Crippen LogP contribution in [0.25, 0.3) is 0 Å². The van der Waals surface area contributed by atoms with Crippen molar-refractivity contribution in [2.45, 2.75) is 37.8 Å². The predicted octanol–water partition coefficient (Wildman–Crippen LogP) is 2.57. The van der Waals surface area contributed by atoms with Crippen molar-refractivity contribution >= 4 is 0 Å². The zero-order valence-electron chi connectivity index (χ0n) is 10.7. The molecule has 1 saturated carbocycles. The van der Waals surface area contributed by atoms with Crippen LogP contribution in [0.3, 0.4) is 0 Å². The molecule has 1 aromatic rings. The van der Waals surface area contributed by atoms with Crippen molar-refractivity contribution in [3.05, 3.63) is 29.3 Å². The van der Waals surface area contributed by atoms with E-state index in [-0.39, 0.29) is 5.54 Å². The summed E-state index contributed by atoms with van der Waals surface area (Å²) in [5, 5.41) is 0. The predicted molar refractivity (Wildman–Crippen MR) is 68.0 cm³/mol. The Hall–Kier alpha value is -1.06. The molecule has 1 aliphatic rings. The molecule has 94 valence electrons. The Balaban J connectivity index is 2.30. The van der Waals surface area contributed by atoms with Gasteiger partial charge in [-0.15, -0.1) is 0 Å². The van der Waals surface area contributed by atoms with Gasteiger partial charge in [0.05, 0.1) is 13.7 Å². The smallest absolute Gasteiger partial charge is 0.124 e. The second-order valence-corrected chi connectivity index (χ2v) is 4.82. The molecule has 0 unspecified atom stereocenters. The fourth-order valence-corrected chi connectivity index (χ4v) is 2.62. The lowest BCUT2D eigenvalue weighted by Gasteiger charge is -2.25. The second kappa shape index (κ2) is 5.07. The zero-order valence-corrected chi connectivity index (χ0v) is 10.7. The van der Waals surface area contributed by atoms with Gasteiger partial charge in [0.1, 0.15) is 5.75 Å². The van der Waals surface area contributed by atoms with Gasteiger partial charge >= 0.3 is 0 Å². The minimum absolute atomic E-state index is 0.154. The minimum atomic E-state index is -0.154. The minimum Gasteiger partial charge on any atom is -0.496 e. The molecule has 3 nitrogen and oxygen atoms in total. The first-order valence-electron chi connectivity index (χ1n) is 6.15. The quantitative estimate of drug-likeness (QED) is 0.872. The maximum absolute atomic E-state index is 6.44. The molecule has 0 atom stereocenters. The summed E-state index contributed by atoms with van der Waals surface area (Å²) in [5.74, 6) is 0.876. The van der Waals surface area contributed by atoms with Crippen molar-refractivity contribution in [1.82, 2.24) is 0 Å². The molecular weight excluding hydrogens is 214 g/mol. The van der Waals surface area contributed by atoms with Gasteiger partial charge in [0.2, 0.25) is 0 Å². The van der Waals surface area contributed by atoms with Crippen LogP contribution in [0.15, 0.2) is 18.2 Å². The van der Waals surface area contributed by atoms with E-state index in [1.807, 2.05) is 0 Å². The van der Waals surface area contributed by atoms with E-state index in [0.717, 1.165) is 24.2 Å². The van der Waals surface area contributed by atoms with Crippen LogP contribution in [0.5, 0.6) is 5.75 Å². The van der Waals surface area contributed by atoms with Crippen molar-refractivity contribution in [3.63, 3.8) is 0 Å². The molecule has 0 aliphatic heterocycles. The molecule has 0 heterocycles. The monoisotopic (exact) mass is 235 g/mol. The number of rotatable bonds is 4. The number of ether oxygens (including phenoxy) is 2. The standard InChI is InChI=1S/C14H21NO2/c1-16-10-11-5-6-12(9-13(11)17-2)14(15)7-3-4-8-14/h5-6,9H,3-4,7-8,10,15H2,1-2H3. The summed E-state index contributed by atoms with van der Waals surface area (Å²) in [6, 6.07) is 6.24. The number of nitrogens with two attached hydrogens (primary N) is 1. The third-order valence-electron chi connectivity index (χ3n) is 3.66. The number of benzene rings is 1. The van der Waals surface area contributed by atoms with Gasteiger partial charge in [0.15, 0.2) is 0 Å². The van der Waals surface area contributed by atoms with Gasteiger partial charge in [-0.05, 0) is 24.5 Å². The Morgan fingerprint density at radius 2 is 1.94 bits per heavy atom. The molecule has 1 fully saturated rings.